The number of nitrogens with two attached hydrogens (primary N) is 1. The fraction of sp³-hybridized carbons (Fsp3) is 0.111. The molecule has 0 atom stereocenters. The molecule has 0 spiro atoms. The Hall–Kier alpha value is -3.88. The molecule has 0 aliphatic rings. The summed E-state index contributed by atoms with van der Waals surface area (Å²) >= 11 is 0. The van der Waals surface area contributed by atoms with Gasteiger partial charge in [0.15, 0.2) is 0 Å². The van der Waals surface area contributed by atoms with Gasteiger partial charge in [0, 0.05) is 11.1 Å². The highest BCUT2D eigenvalue weighted by Crippen LogP contribution is 2.17. The van der Waals surface area contributed by atoms with Crippen molar-refractivity contribution in [2.24, 2.45) is 5.73 Å². The molecule has 1 heterocycles. The Bertz CT molecular complexity index is 911. The molecule has 0 bridgehead atoms. The largest absolute Gasteiger partial charge is 0.480 e. The van der Waals surface area contributed by atoms with Gasteiger partial charge in [-0.25, -0.2) is 4.79 Å². The van der Waals surface area contributed by atoms with Crippen LogP contribution in [0, 0.1) is 5.41 Å². The van der Waals surface area contributed by atoms with E-state index in [4.69, 9.17) is 25.4 Å². The van der Waals surface area contributed by atoms with E-state index in [1.807, 2.05) is 0 Å². The number of carbonyl (C=O) groups excluding carboxylic acids is 2. The Morgan fingerprint density at radius 3 is 2.48 bits per heavy atom. The number of benzene rings is 1. The Morgan fingerprint density at radius 1 is 1.22 bits per heavy atom. The molecule has 1 amide bonds. The molecule has 0 fully saturated rings. The average Bonchev–Trinajstić information content (AvgIpc) is 3.08. The van der Waals surface area contributed by atoms with Crippen molar-refractivity contribution in [3.05, 3.63) is 59.1 Å². The lowest BCUT2D eigenvalue weighted by molar-refractivity contribution is -0.137. The number of hydrogen-bond acceptors (Lipinski definition) is 6. The second-order valence-electron chi connectivity index (χ2n) is 5.43. The average molecular weight is 371 g/mol. The minimum atomic E-state index is -1.16. The molecule has 0 aliphatic heterocycles. The van der Waals surface area contributed by atoms with Crippen LogP contribution in [0.2, 0.25) is 0 Å². The molecule has 0 aliphatic carbocycles. The molecule has 1 aromatic heterocycles. The SMILES string of the molecule is CC(=Cc1ccc(C(=O)Oc2ccc(C(=N)N)cc2)o1)C(=O)NCC(=O)O. The molecule has 2 rings (SSSR count). The van der Waals surface area contributed by atoms with Gasteiger partial charge in [0.25, 0.3) is 0 Å². The molecule has 0 saturated heterocycles. The van der Waals surface area contributed by atoms with E-state index in [-0.39, 0.29) is 28.7 Å². The molecule has 140 valence electrons. The summed E-state index contributed by atoms with van der Waals surface area (Å²) < 4.78 is 10.5. The Balaban J connectivity index is 2.02. The van der Waals surface area contributed by atoms with Gasteiger partial charge in [-0.15, -0.1) is 0 Å². The van der Waals surface area contributed by atoms with Gasteiger partial charge in [-0.05, 0) is 49.4 Å². The summed E-state index contributed by atoms with van der Waals surface area (Å²) in [5.74, 6) is -2.15. The topological polar surface area (TPSA) is 156 Å². The number of amides is 1. The third kappa shape index (κ3) is 5.56. The van der Waals surface area contributed by atoms with Crippen LogP contribution >= 0.6 is 0 Å². The Kier molecular flexibility index (Phi) is 6.10. The van der Waals surface area contributed by atoms with Crippen LogP contribution in [0.5, 0.6) is 5.75 Å². The molecule has 0 radical (unpaired) electrons. The first-order valence-electron chi connectivity index (χ1n) is 7.71. The zero-order chi connectivity index (χ0) is 20.0. The zero-order valence-corrected chi connectivity index (χ0v) is 14.3. The van der Waals surface area contributed by atoms with Gasteiger partial charge in [-0.3, -0.25) is 15.0 Å². The smallest absolute Gasteiger partial charge is 0.379 e. The van der Waals surface area contributed by atoms with Crippen LogP contribution in [0.1, 0.15) is 28.8 Å². The summed E-state index contributed by atoms with van der Waals surface area (Å²) in [4.78, 5) is 34.2. The van der Waals surface area contributed by atoms with Gasteiger partial charge in [-0.1, -0.05) is 0 Å². The molecular formula is C18H17N3O6. The van der Waals surface area contributed by atoms with E-state index in [2.05, 4.69) is 5.32 Å². The maximum Gasteiger partial charge on any atom is 0.379 e. The summed E-state index contributed by atoms with van der Waals surface area (Å²) in [6, 6.07) is 8.94. The number of esters is 1. The minimum Gasteiger partial charge on any atom is -0.480 e. The molecule has 9 nitrogen and oxygen atoms in total. The minimum absolute atomic E-state index is 0.0735. The number of carboxylic acids is 1. The maximum atomic E-state index is 12.1. The lowest BCUT2D eigenvalue weighted by atomic mass is 10.2. The number of nitrogens with one attached hydrogen (secondary N) is 2. The standard InChI is InChI=1S/C18H17N3O6/c1-10(17(24)21-9-15(22)23)8-13-6-7-14(26-13)18(25)27-12-4-2-11(3-5-12)16(19)20/h2-8H,9H2,1H3,(H3,19,20)(H,21,24)(H,22,23). The fourth-order valence-electron chi connectivity index (χ4n) is 1.97. The van der Waals surface area contributed by atoms with Crippen LogP contribution in [0.3, 0.4) is 0 Å². The van der Waals surface area contributed by atoms with E-state index >= 15 is 0 Å². The lowest BCUT2D eigenvalue weighted by Crippen LogP contribution is -2.29. The van der Waals surface area contributed by atoms with Crippen LogP contribution in [0.15, 0.2) is 46.4 Å². The van der Waals surface area contributed by atoms with Crippen LogP contribution in [-0.4, -0.2) is 35.3 Å². The Labute approximate surface area is 153 Å². The van der Waals surface area contributed by atoms with Crippen molar-refractivity contribution in [3.8, 4) is 5.75 Å². The predicted molar refractivity (Wildman–Crippen MR) is 95.4 cm³/mol. The number of aliphatic carboxylic acids is 1. The van der Waals surface area contributed by atoms with Crippen LogP contribution in [0.4, 0.5) is 0 Å². The third-order valence-corrected chi connectivity index (χ3v) is 3.32. The first-order chi connectivity index (χ1) is 12.8. The summed E-state index contributed by atoms with van der Waals surface area (Å²) in [5, 5.41) is 18.1. The van der Waals surface area contributed by atoms with Crippen molar-refractivity contribution >= 4 is 29.8 Å². The van der Waals surface area contributed by atoms with Crippen molar-refractivity contribution in [1.82, 2.24) is 5.32 Å². The van der Waals surface area contributed by atoms with Crippen molar-refractivity contribution in [2.45, 2.75) is 6.92 Å². The van der Waals surface area contributed by atoms with E-state index in [1.54, 1.807) is 12.1 Å². The van der Waals surface area contributed by atoms with Crippen LogP contribution in [-0.2, 0) is 9.59 Å². The van der Waals surface area contributed by atoms with Crippen molar-refractivity contribution < 1.29 is 28.6 Å². The number of carboxylic acid groups (broad SMARTS) is 1. The number of ether oxygens (including phenoxy) is 1. The van der Waals surface area contributed by atoms with Gasteiger partial charge in [-0.2, -0.15) is 0 Å². The van der Waals surface area contributed by atoms with E-state index in [9.17, 15) is 14.4 Å². The molecule has 1 aromatic carbocycles. The lowest BCUT2D eigenvalue weighted by Gasteiger charge is -2.03. The number of nitrogen functional groups attached to an aromatic ring is 1. The van der Waals surface area contributed by atoms with Crippen LogP contribution < -0.4 is 15.8 Å². The first-order valence-corrected chi connectivity index (χ1v) is 7.71. The highest BCUT2D eigenvalue weighted by molar-refractivity contribution is 5.98. The summed E-state index contributed by atoms with van der Waals surface area (Å²) in [5.41, 5.74) is 6.06. The van der Waals surface area contributed by atoms with E-state index in [0.29, 0.717) is 5.56 Å². The zero-order valence-electron chi connectivity index (χ0n) is 14.3. The summed E-state index contributed by atoms with van der Waals surface area (Å²) in [6.45, 7) is 0.983. The van der Waals surface area contributed by atoms with Crippen molar-refractivity contribution in [2.75, 3.05) is 6.54 Å². The van der Waals surface area contributed by atoms with E-state index in [0.717, 1.165) is 0 Å². The van der Waals surface area contributed by atoms with Gasteiger partial charge in [0.1, 0.15) is 23.9 Å². The van der Waals surface area contributed by atoms with Gasteiger partial charge in [0.05, 0.1) is 0 Å². The molecule has 0 saturated carbocycles. The fourth-order valence-corrected chi connectivity index (χ4v) is 1.97. The Morgan fingerprint density at radius 2 is 1.89 bits per heavy atom. The van der Waals surface area contributed by atoms with Crippen molar-refractivity contribution in [3.63, 3.8) is 0 Å². The molecule has 9 heteroatoms. The van der Waals surface area contributed by atoms with E-state index in [1.165, 1.54) is 37.3 Å². The number of hydrogen-bond donors (Lipinski definition) is 4. The first kappa shape index (κ1) is 19.4. The number of amidine groups is 1. The van der Waals surface area contributed by atoms with Crippen LogP contribution in [0.25, 0.3) is 6.08 Å². The molecule has 2 aromatic rings. The third-order valence-electron chi connectivity index (χ3n) is 3.32. The quantitative estimate of drug-likeness (QED) is 0.188. The van der Waals surface area contributed by atoms with Gasteiger partial charge < -0.3 is 25.3 Å². The predicted octanol–water partition coefficient (Wildman–Crippen LogP) is 1.39. The van der Waals surface area contributed by atoms with Gasteiger partial charge >= 0.3 is 11.9 Å². The monoisotopic (exact) mass is 371 g/mol. The number of furan rings is 1. The molecular weight excluding hydrogens is 354 g/mol. The molecule has 5 N–H and O–H groups in total. The molecule has 27 heavy (non-hydrogen) atoms. The highest BCUT2D eigenvalue weighted by atomic mass is 16.5. The van der Waals surface area contributed by atoms with Crippen molar-refractivity contribution in [1.29, 1.82) is 5.41 Å². The van der Waals surface area contributed by atoms with Gasteiger partial charge in [0.2, 0.25) is 11.7 Å². The summed E-state index contributed by atoms with van der Waals surface area (Å²) in [6.07, 6.45) is 1.37. The second kappa shape index (κ2) is 8.48. The maximum absolute atomic E-state index is 12.1. The van der Waals surface area contributed by atoms with E-state index < -0.39 is 24.4 Å². The highest BCUT2D eigenvalue weighted by Gasteiger charge is 2.14. The summed E-state index contributed by atoms with van der Waals surface area (Å²) in [7, 11) is 0. The normalized spacial score (nSPS) is 10.9. The number of rotatable bonds is 7. The number of carbonyl (C=O) groups is 3. The molecule has 0 unspecified atom stereocenters. The second-order valence-corrected chi connectivity index (χ2v) is 5.43.